The van der Waals surface area contributed by atoms with Crippen LogP contribution >= 0.6 is 22.6 Å². The lowest BCUT2D eigenvalue weighted by Gasteiger charge is -2.26. The van der Waals surface area contributed by atoms with Gasteiger partial charge in [-0.3, -0.25) is 0 Å². The topological polar surface area (TPSA) is 18.5 Å². The van der Waals surface area contributed by atoms with Gasteiger partial charge in [0.1, 0.15) is 0 Å². The van der Waals surface area contributed by atoms with Gasteiger partial charge in [-0.05, 0) is 6.42 Å². The second kappa shape index (κ2) is 7.01. The molecule has 0 atom stereocenters. The summed E-state index contributed by atoms with van der Waals surface area (Å²) in [6, 6.07) is 0. The van der Waals surface area contributed by atoms with Crippen LogP contribution < -0.4 is 0 Å². The summed E-state index contributed by atoms with van der Waals surface area (Å²) < 4.78 is 12.6. The minimum Gasteiger partial charge on any atom is -0.348 e. The van der Waals surface area contributed by atoms with Gasteiger partial charge in [0.2, 0.25) is 0 Å². The molecule has 0 radical (unpaired) electrons. The van der Waals surface area contributed by atoms with Crippen molar-refractivity contribution in [2.45, 2.75) is 51.2 Å². The molecule has 0 N–H and O–H groups in total. The van der Waals surface area contributed by atoms with E-state index < -0.39 is 0 Å². The first kappa shape index (κ1) is 12.7. The molecule has 0 aromatic rings. The fourth-order valence-corrected chi connectivity index (χ4v) is 2.70. The number of alkyl halides is 1. The van der Waals surface area contributed by atoms with Crippen molar-refractivity contribution >= 4 is 22.6 Å². The van der Waals surface area contributed by atoms with Gasteiger partial charge in [0.15, 0.2) is 5.79 Å². The van der Waals surface area contributed by atoms with Crippen LogP contribution in [0.2, 0.25) is 0 Å². The Labute approximate surface area is 101 Å². The molecule has 0 unspecified atom stereocenters. The predicted molar refractivity (Wildman–Crippen MR) is 66.9 cm³/mol. The van der Waals surface area contributed by atoms with Gasteiger partial charge < -0.3 is 9.47 Å². The second-order valence-corrected chi connectivity index (χ2v) is 4.94. The van der Waals surface area contributed by atoms with Crippen LogP contribution in [0.5, 0.6) is 0 Å². The molecule has 0 aromatic carbocycles. The van der Waals surface area contributed by atoms with Gasteiger partial charge in [-0.2, -0.15) is 0 Å². The van der Waals surface area contributed by atoms with E-state index in [0.717, 1.165) is 30.5 Å². The van der Waals surface area contributed by atoms with E-state index in [4.69, 9.17) is 9.47 Å². The molecule has 1 heterocycles. The first-order valence-electron chi connectivity index (χ1n) is 5.67. The zero-order valence-corrected chi connectivity index (χ0v) is 11.2. The average molecular weight is 312 g/mol. The maximum Gasteiger partial charge on any atom is 0.169 e. The smallest absolute Gasteiger partial charge is 0.169 e. The fourth-order valence-electron chi connectivity index (χ4n) is 1.88. The number of halogens is 1. The van der Waals surface area contributed by atoms with E-state index in [1.54, 1.807) is 0 Å². The molecule has 14 heavy (non-hydrogen) atoms. The van der Waals surface area contributed by atoms with Crippen LogP contribution in [0.25, 0.3) is 0 Å². The maximum absolute atomic E-state index is 5.73. The molecule has 2 nitrogen and oxygen atoms in total. The quantitative estimate of drug-likeness (QED) is 0.407. The summed E-state index contributed by atoms with van der Waals surface area (Å²) in [5, 5.41) is 0. The predicted octanol–water partition coefficient (Wildman–Crippen LogP) is 3.53. The minimum absolute atomic E-state index is 0.213. The van der Waals surface area contributed by atoms with Crippen molar-refractivity contribution in [3.05, 3.63) is 0 Å². The fraction of sp³-hybridized carbons (Fsp3) is 1.00. The number of rotatable bonds is 7. The maximum atomic E-state index is 5.73. The Morgan fingerprint density at radius 2 is 1.79 bits per heavy atom. The van der Waals surface area contributed by atoms with Crippen LogP contribution in [0.15, 0.2) is 0 Å². The molecule has 0 saturated carbocycles. The van der Waals surface area contributed by atoms with E-state index in [9.17, 15) is 0 Å². The highest BCUT2D eigenvalue weighted by molar-refractivity contribution is 14.1. The van der Waals surface area contributed by atoms with E-state index in [1.165, 1.54) is 25.7 Å². The largest absolute Gasteiger partial charge is 0.348 e. The molecule has 0 spiro atoms. The van der Waals surface area contributed by atoms with Gasteiger partial charge >= 0.3 is 0 Å². The molecule has 0 aliphatic carbocycles. The van der Waals surface area contributed by atoms with E-state index in [0.29, 0.717) is 0 Å². The van der Waals surface area contributed by atoms with E-state index >= 15 is 0 Å². The van der Waals surface area contributed by atoms with Crippen LogP contribution in [-0.4, -0.2) is 23.4 Å². The standard InChI is InChI=1S/C11H21IO2/c1-2-3-4-5-6-11(7-8-12)13-9-10-14-11/h2-10H2,1H3. The van der Waals surface area contributed by atoms with Crippen molar-refractivity contribution in [3.63, 3.8) is 0 Å². The van der Waals surface area contributed by atoms with Gasteiger partial charge in [0.25, 0.3) is 0 Å². The molecule has 0 bridgehead atoms. The van der Waals surface area contributed by atoms with Crippen LogP contribution in [0.4, 0.5) is 0 Å². The molecular weight excluding hydrogens is 291 g/mol. The van der Waals surface area contributed by atoms with Crippen molar-refractivity contribution in [1.29, 1.82) is 0 Å². The molecule has 0 aromatic heterocycles. The van der Waals surface area contributed by atoms with E-state index in [-0.39, 0.29) is 5.79 Å². The highest BCUT2D eigenvalue weighted by Gasteiger charge is 2.34. The Hall–Kier alpha value is 0.650. The van der Waals surface area contributed by atoms with Crippen molar-refractivity contribution in [2.24, 2.45) is 0 Å². The molecule has 84 valence electrons. The lowest BCUT2D eigenvalue weighted by molar-refractivity contribution is -0.163. The summed E-state index contributed by atoms with van der Waals surface area (Å²) in [7, 11) is 0. The van der Waals surface area contributed by atoms with Crippen molar-refractivity contribution in [3.8, 4) is 0 Å². The Morgan fingerprint density at radius 3 is 2.36 bits per heavy atom. The number of hydrogen-bond acceptors (Lipinski definition) is 2. The zero-order chi connectivity index (χ0) is 10.3. The molecule has 1 aliphatic rings. The van der Waals surface area contributed by atoms with Gasteiger partial charge in [-0.25, -0.2) is 0 Å². The van der Waals surface area contributed by atoms with Crippen molar-refractivity contribution < 1.29 is 9.47 Å². The van der Waals surface area contributed by atoms with Gasteiger partial charge in [0.05, 0.1) is 13.2 Å². The zero-order valence-electron chi connectivity index (χ0n) is 9.06. The summed E-state index contributed by atoms with van der Waals surface area (Å²) in [6.45, 7) is 3.80. The minimum atomic E-state index is -0.213. The molecule has 1 fully saturated rings. The second-order valence-electron chi connectivity index (χ2n) is 3.86. The highest BCUT2D eigenvalue weighted by atomic mass is 127. The third-order valence-electron chi connectivity index (χ3n) is 2.70. The lowest BCUT2D eigenvalue weighted by atomic mass is 10.0. The number of unbranched alkanes of at least 4 members (excludes halogenated alkanes) is 3. The Bertz CT molecular complexity index is 144. The molecule has 3 heteroatoms. The first-order valence-corrected chi connectivity index (χ1v) is 7.19. The van der Waals surface area contributed by atoms with Crippen LogP contribution in [0, 0.1) is 0 Å². The van der Waals surface area contributed by atoms with Gasteiger partial charge in [-0.15, -0.1) is 0 Å². The van der Waals surface area contributed by atoms with Crippen LogP contribution in [-0.2, 0) is 9.47 Å². The first-order chi connectivity index (χ1) is 6.83. The monoisotopic (exact) mass is 312 g/mol. The average Bonchev–Trinajstić information content (AvgIpc) is 2.63. The summed E-state index contributed by atoms with van der Waals surface area (Å²) in [6.07, 6.45) is 7.30. The van der Waals surface area contributed by atoms with Crippen molar-refractivity contribution in [1.82, 2.24) is 0 Å². The number of ether oxygens (including phenoxy) is 2. The third-order valence-corrected chi connectivity index (χ3v) is 3.24. The molecule has 1 rings (SSSR count). The van der Waals surface area contributed by atoms with Gasteiger partial charge in [0, 0.05) is 17.3 Å². The third kappa shape index (κ3) is 4.03. The Kier molecular flexibility index (Phi) is 6.37. The summed E-state index contributed by atoms with van der Waals surface area (Å²) in [4.78, 5) is 0. The van der Waals surface area contributed by atoms with Crippen LogP contribution in [0.3, 0.4) is 0 Å². The molecule has 0 amide bonds. The normalized spacial score (nSPS) is 20.1. The van der Waals surface area contributed by atoms with Crippen LogP contribution in [0.1, 0.15) is 45.4 Å². The SMILES string of the molecule is CCCCCCC1(CCI)OCCO1. The molecule has 1 aliphatic heterocycles. The highest BCUT2D eigenvalue weighted by Crippen LogP contribution is 2.30. The summed E-state index contributed by atoms with van der Waals surface area (Å²) in [5.41, 5.74) is 0. The number of hydrogen-bond donors (Lipinski definition) is 0. The lowest BCUT2D eigenvalue weighted by Crippen LogP contribution is -2.30. The Morgan fingerprint density at radius 1 is 1.07 bits per heavy atom. The van der Waals surface area contributed by atoms with Gasteiger partial charge in [-0.1, -0.05) is 48.8 Å². The molecular formula is C11H21IO2. The van der Waals surface area contributed by atoms with Crippen molar-refractivity contribution in [2.75, 3.05) is 17.6 Å². The molecule has 1 saturated heterocycles. The van der Waals surface area contributed by atoms with E-state index in [2.05, 4.69) is 29.5 Å². The summed E-state index contributed by atoms with van der Waals surface area (Å²) >= 11 is 2.40. The summed E-state index contributed by atoms with van der Waals surface area (Å²) in [5.74, 6) is -0.213. The Balaban J connectivity index is 2.21. The van der Waals surface area contributed by atoms with E-state index in [1.807, 2.05) is 0 Å².